The van der Waals surface area contributed by atoms with E-state index in [9.17, 15) is 9.59 Å². The summed E-state index contributed by atoms with van der Waals surface area (Å²) in [6, 6.07) is 0.571. The lowest BCUT2D eigenvalue weighted by Crippen LogP contribution is -2.39. The predicted octanol–water partition coefficient (Wildman–Crippen LogP) is 0.566. The van der Waals surface area contributed by atoms with Gasteiger partial charge in [0, 0.05) is 19.0 Å². The summed E-state index contributed by atoms with van der Waals surface area (Å²) in [7, 11) is 0. The van der Waals surface area contributed by atoms with Gasteiger partial charge in [-0.05, 0) is 25.8 Å². The summed E-state index contributed by atoms with van der Waals surface area (Å²) >= 11 is 0. The maximum Gasteiger partial charge on any atom is 0.234 e. The molecule has 1 amide bonds. The van der Waals surface area contributed by atoms with Crippen molar-refractivity contribution in [3.05, 3.63) is 0 Å². The second-order valence-electron chi connectivity index (χ2n) is 3.98. The molecule has 0 saturated carbocycles. The third-order valence-corrected chi connectivity index (χ3v) is 2.90. The Bertz CT molecular complexity index is 219. The lowest BCUT2D eigenvalue weighted by molar-refractivity contribution is -0.122. The smallest absolute Gasteiger partial charge is 0.234 e. The quantitative estimate of drug-likeness (QED) is 0.305. The first-order chi connectivity index (χ1) is 7.27. The molecule has 1 N–H and O–H groups in total. The van der Waals surface area contributed by atoms with E-state index in [1.165, 1.54) is 12.8 Å². The van der Waals surface area contributed by atoms with Gasteiger partial charge < -0.3 is 10.1 Å². The summed E-state index contributed by atoms with van der Waals surface area (Å²) in [5.74, 6) is 0.0391. The summed E-state index contributed by atoms with van der Waals surface area (Å²) in [6.45, 7) is 4.14. The van der Waals surface area contributed by atoms with Gasteiger partial charge in [-0.25, -0.2) is 0 Å². The Morgan fingerprint density at radius 3 is 3.07 bits per heavy atom. The van der Waals surface area contributed by atoms with E-state index in [0.29, 0.717) is 25.6 Å². The van der Waals surface area contributed by atoms with Gasteiger partial charge in [-0.3, -0.25) is 9.69 Å². The van der Waals surface area contributed by atoms with Crippen LogP contribution in [0.2, 0.25) is 0 Å². The largest absolute Gasteiger partial charge is 0.355 e. The number of carbonyl (C=O) groups excluding carboxylic acids is 2. The van der Waals surface area contributed by atoms with Crippen LogP contribution in [0.3, 0.4) is 0 Å². The SMILES string of the molecule is CCC1CCC[15N]1[13CH2]C(=O)[15NH]CC[13CH]=O. The summed E-state index contributed by atoms with van der Waals surface area (Å²) in [5.41, 5.74) is 0. The highest BCUT2D eigenvalue weighted by molar-refractivity contribution is 5.78. The first-order valence-corrected chi connectivity index (χ1v) is 5.72. The van der Waals surface area contributed by atoms with E-state index in [1.54, 1.807) is 0 Å². The van der Waals surface area contributed by atoms with Crippen molar-refractivity contribution in [1.29, 1.82) is 0 Å². The monoisotopic (exact) mass is 216 g/mol. The minimum absolute atomic E-state index is 0.0391. The molecular weight excluding hydrogens is 196 g/mol. The number of hydrogen-bond donors (Lipinski definition) is 1. The number of rotatable bonds is 6. The van der Waals surface area contributed by atoms with Gasteiger partial charge in [0.1, 0.15) is 6.29 Å². The van der Waals surface area contributed by atoms with Crippen LogP contribution >= 0.6 is 0 Å². The lowest BCUT2D eigenvalue weighted by Gasteiger charge is -2.22. The van der Waals surface area contributed by atoms with Crippen LogP contribution in [0.5, 0.6) is 0 Å². The van der Waals surface area contributed by atoms with Crippen LogP contribution in [0, 0.1) is 0 Å². The van der Waals surface area contributed by atoms with Gasteiger partial charge in [0.05, 0.1) is 6.54 Å². The average molecular weight is 216 g/mol. The van der Waals surface area contributed by atoms with Gasteiger partial charge in [0.15, 0.2) is 0 Å². The minimum atomic E-state index is 0.0391. The molecule has 1 unspecified atom stereocenters. The molecule has 0 aliphatic carbocycles. The molecule has 0 spiro atoms. The number of nitrogens with zero attached hydrogens (tertiary/aromatic N) is 1. The Morgan fingerprint density at radius 2 is 2.40 bits per heavy atom. The van der Waals surface area contributed by atoms with Crippen molar-refractivity contribution in [2.75, 3.05) is 19.6 Å². The molecule has 0 aromatic carbocycles. The molecule has 1 aliphatic rings. The molecule has 1 rings (SSSR count). The van der Waals surface area contributed by atoms with Gasteiger partial charge in [-0.2, -0.15) is 0 Å². The van der Waals surface area contributed by atoms with E-state index in [4.69, 9.17) is 0 Å². The van der Waals surface area contributed by atoms with Crippen LogP contribution in [0.25, 0.3) is 0 Å². The summed E-state index contributed by atoms with van der Waals surface area (Å²) in [5, 5.41) is 2.74. The van der Waals surface area contributed by atoms with Gasteiger partial charge in [0.25, 0.3) is 0 Å². The van der Waals surface area contributed by atoms with Crippen molar-refractivity contribution in [2.45, 2.75) is 38.6 Å². The van der Waals surface area contributed by atoms with Crippen LogP contribution in [0.4, 0.5) is 0 Å². The molecule has 4 heteroatoms. The van der Waals surface area contributed by atoms with Crippen molar-refractivity contribution >= 4 is 12.2 Å². The molecule has 0 bridgehead atoms. The fourth-order valence-electron chi connectivity index (χ4n) is 2.08. The van der Waals surface area contributed by atoms with E-state index >= 15 is 0 Å². The van der Waals surface area contributed by atoms with E-state index in [-0.39, 0.29) is 5.91 Å². The molecule has 1 saturated heterocycles. The van der Waals surface area contributed by atoms with E-state index < -0.39 is 0 Å². The third-order valence-electron chi connectivity index (χ3n) is 2.90. The maximum atomic E-state index is 11.5. The second kappa shape index (κ2) is 6.56. The molecule has 1 atom stereocenters. The summed E-state index contributed by atoms with van der Waals surface area (Å²) in [6.07, 6.45) is 4.74. The van der Waals surface area contributed by atoms with E-state index in [2.05, 4.69) is 17.1 Å². The van der Waals surface area contributed by atoms with Gasteiger partial charge >= 0.3 is 0 Å². The van der Waals surface area contributed by atoms with Crippen molar-refractivity contribution in [3.8, 4) is 0 Å². The zero-order chi connectivity index (χ0) is 11.1. The minimum Gasteiger partial charge on any atom is -0.355 e. The Kier molecular flexibility index (Phi) is 5.32. The highest BCUT2D eigenvalue weighted by Gasteiger charge is 2.24. The number of hydrogen-bond acceptors (Lipinski definition) is 3. The molecule has 0 radical (unpaired) electrons. The van der Waals surface area contributed by atoms with Gasteiger partial charge in [-0.1, -0.05) is 6.92 Å². The summed E-state index contributed by atoms with van der Waals surface area (Å²) in [4.78, 5) is 23.8. The standard InChI is InChI=1S/C11H20N2O2/c1-2-10-5-3-7-13(10)9-11(15)12-6-4-8-14/h8,10H,2-7,9H2,1H3,(H,12,15)/i8+1,9+1,12+1,13+1. The van der Waals surface area contributed by atoms with Gasteiger partial charge in [-0.15, -0.1) is 0 Å². The zero-order valence-corrected chi connectivity index (χ0v) is 9.37. The van der Waals surface area contributed by atoms with Crippen molar-refractivity contribution in [1.82, 2.24) is 10.2 Å². The fraction of sp³-hybridized carbons (Fsp3) is 0.818. The Labute approximate surface area is 91.0 Å². The number of nitrogens with one attached hydrogen (secondary N) is 1. The molecule has 86 valence electrons. The molecule has 0 aromatic rings. The first kappa shape index (κ1) is 12.2. The predicted molar refractivity (Wildman–Crippen MR) is 58.6 cm³/mol. The molecule has 1 aliphatic heterocycles. The van der Waals surface area contributed by atoms with Gasteiger partial charge in [0.2, 0.25) is 5.91 Å². The Balaban J connectivity index is 2.21. The number of amides is 1. The fourth-order valence-corrected chi connectivity index (χ4v) is 2.08. The average Bonchev–Trinajstić information content (AvgIpc) is 2.65. The Hall–Kier alpha value is -0.900. The van der Waals surface area contributed by atoms with Crippen LogP contribution < -0.4 is 5.32 Å². The molecule has 0 aromatic heterocycles. The van der Waals surface area contributed by atoms with Crippen LogP contribution in [-0.2, 0) is 9.59 Å². The van der Waals surface area contributed by atoms with Crippen LogP contribution in [-0.4, -0.2) is 42.8 Å². The molecule has 1 heterocycles. The normalized spacial score (nSPS) is 21.5. The number of likely N-dealkylation sites (tertiary alicyclic amines) is 1. The Morgan fingerprint density at radius 1 is 1.60 bits per heavy atom. The molecule has 15 heavy (non-hydrogen) atoms. The number of aldehydes is 1. The molecule has 4 nitrogen and oxygen atoms in total. The lowest BCUT2D eigenvalue weighted by atomic mass is 10.2. The van der Waals surface area contributed by atoms with Crippen LogP contribution in [0.1, 0.15) is 32.6 Å². The van der Waals surface area contributed by atoms with Crippen LogP contribution in [0.15, 0.2) is 0 Å². The van der Waals surface area contributed by atoms with Crippen molar-refractivity contribution in [2.24, 2.45) is 0 Å². The maximum absolute atomic E-state index is 11.5. The molecule has 1 fully saturated rings. The topological polar surface area (TPSA) is 49.4 Å². The highest BCUT2D eigenvalue weighted by Crippen LogP contribution is 2.18. The second-order valence-corrected chi connectivity index (χ2v) is 3.98. The van der Waals surface area contributed by atoms with E-state index in [0.717, 1.165) is 19.3 Å². The number of carbonyl (C=O) groups is 2. The van der Waals surface area contributed by atoms with E-state index in [1.807, 2.05) is 0 Å². The first-order valence-electron chi connectivity index (χ1n) is 5.72. The van der Waals surface area contributed by atoms with Crippen molar-refractivity contribution in [3.63, 3.8) is 0 Å². The van der Waals surface area contributed by atoms with Crippen molar-refractivity contribution < 1.29 is 9.59 Å². The molecular formula is C11H20N2O2. The summed E-state index contributed by atoms with van der Waals surface area (Å²) < 4.78 is 0. The third kappa shape index (κ3) is 4.00. The zero-order valence-electron chi connectivity index (χ0n) is 9.37. The highest BCUT2D eigenvalue weighted by atomic mass is 16.2.